The molecule has 2 N–H and O–H groups in total. The van der Waals surface area contributed by atoms with Gasteiger partial charge in [-0.05, 0) is 50.6 Å². The Hall–Kier alpha value is -2.86. The maximum absolute atomic E-state index is 12.4. The van der Waals surface area contributed by atoms with Crippen LogP contribution in [0, 0.1) is 0 Å². The van der Waals surface area contributed by atoms with E-state index >= 15 is 0 Å². The highest BCUT2D eigenvalue weighted by molar-refractivity contribution is 5.81. The lowest BCUT2D eigenvalue weighted by molar-refractivity contribution is -0.948. The third kappa shape index (κ3) is 3.72. The van der Waals surface area contributed by atoms with E-state index in [-0.39, 0.29) is 0 Å². The molecule has 3 atom stereocenters. The summed E-state index contributed by atoms with van der Waals surface area (Å²) in [4.78, 5) is 24.5. The van der Waals surface area contributed by atoms with Gasteiger partial charge in [-0.2, -0.15) is 0 Å². The fourth-order valence-electron chi connectivity index (χ4n) is 4.68. The van der Waals surface area contributed by atoms with Crippen LogP contribution in [0.3, 0.4) is 0 Å². The van der Waals surface area contributed by atoms with Crippen LogP contribution in [0.15, 0.2) is 54.6 Å². The van der Waals surface area contributed by atoms with Crippen LogP contribution in [0.4, 0.5) is 4.79 Å². The summed E-state index contributed by atoms with van der Waals surface area (Å²) >= 11 is 0. The molecule has 1 unspecified atom stereocenters. The van der Waals surface area contributed by atoms with E-state index in [4.69, 9.17) is 10.5 Å². The number of hydrogen-bond donors (Lipinski definition) is 1. The lowest BCUT2D eigenvalue weighted by Crippen LogP contribution is -2.72. The van der Waals surface area contributed by atoms with Crippen molar-refractivity contribution >= 4 is 12.0 Å². The number of primary amides is 1. The minimum atomic E-state index is -1.27. The Morgan fingerprint density at radius 3 is 2.21 bits per heavy atom. The molecule has 2 aromatic rings. The second kappa shape index (κ2) is 7.87. The summed E-state index contributed by atoms with van der Waals surface area (Å²) in [6, 6.07) is 16.0. The molecule has 29 heavy (non-hydrogen) atoms. The molecule has 0 spiro atoms. The molecule has 0 aliphatic carbocycles. The van der Waals surface area contributed by atoms with Crippen molar-refractivity contribution in [3.63, 3.8) is 0 Å². The highest BCUT2D eigenvalue weighted by Crippen LogP contribution is 2.49. The van der Waals surface area contributed by atoms with Crippen LogP contribution in [0.1, 0.15) is 50.8 Å². The predicted octanol–water partition coefficient (Wildman–Crippen LogP) is 2.91. The fraction of sp³-hybridized carbons (Fsp3) is 0.391. The molecule has 0 aromatic heterocycles. The summed E-state index contributed by atoms with van der Waals surface area (Å²) < 4.78 is 5.33. The van der Waals surface area contributed by atoms with E-state index < -0.39 is 34.1 Å². The SMILES string of the molecule is CC(C)(C)[N+]1(C(=O)[O-])[C@@H](C(N)=O)CC[C@H]1c1ccc(OCc2ccccc2)cc1. The second-order valence-electron chi connectivity index (χ2n) is 8.57. The summed E-state index contributed by atoms with van der Waals surface area (Å²) in [5.74, 6) is 0.0961. The van der Waals surface area contributed by atoms with E-state index in [2.05, 4.69) is 0 Å². The largest absolute Gasteiger partial charge is 0.498 e. The highest BCUT2D eigenvalue weighted by Gasteiger charge is 2.60. The van der Waals surface area contributed by atoms with Crippen molar-refractivity contribution in [3.8, 4) is 5.75 Å². The molecule has 1 saturated heterocycles. The Balaban J connectivity index is 1.88. The first-order valence-corrected chi connectivity index (χ1v) is 9.84. The van der Waals surface area contributed by atoms with E-state index in [1.165, 1.54) is 0 Å². The van der Waals surface area contributed by atoms with Crippen molar-refractivity contribution in [1.82, 2.24) is 0 Å². The molecule has 1 heterocycles. The van der Waals surface area contributed by atoms with Gasteiger partial charge < -0.3 is 20.4 Å². The number of carbonyl (C=O) groups excluding carboxylic acids is 2. The van der Waals surface area contributed by atoms with Crippen LogP contribution < -0.4 is 15.6 Å². The number of amides is 2. The summed E-state index contributed by atoms with van der Waals surface area (Å²) in [5, 5.41) is 12.4. The standard InChI is InChI=1S/C23H28N2O4/c1-23(2,3)25(22(27)28)19(13-14-20(25)21(24)26)17-9-11-18(12-10-17)29-15-16-7-5-4-6-8-16/h4-12,19-20H,13-15H2,1-3H3,(H2-,24,26,27,28)/t19-,20+,25?/m0/s1. The third-order valence-corrected chi connectivity index (χ3v) is 5.95. The minimum Gasteiger partial charge on any atom is -0.498 e. The quantitative estimate of drug-likeness (QED) is 0.787. The number of quaternary nitrogens is 1. The zero-order valence-electron chi connectivity index (χ0n) is 17.1. The lowest BCUT2D eigenvalue weighted by Gasteiger charge is -2.52. The van der Waals surface area contributed by atoms with Gasteiger partial charge in [0.2, 0.25) is 0 Å². The molecule has 1 fully saturated rings. The molecule has 0 saturated carbocycles. The number of nitrogens with zero attached hydrogens (tertiary/aromatic N) is 1. The average molecular weight is 396 g/mol. The molecular formula is C23H28N2O4. The van der Waals surface area contributed by atoms with Gasteiger partial charge in [0.1, 0.15) is 18.4 Å². The zero-order chi connectivity index (χ0) is 21.2. The number of benzene rings is 2. The van der Waals surface area contributed by atoms with Gasteiger partial charge in [0.25, 0.3) is 12.0 Å². The van der Waals surface area contributed by atoms with Gasteiger partial charge >= 0.3 is 0 Å². The van der Waals surface area contributed by atoms with Crippen molar-refractivity contribution in [1.29, 1.82) is 0 Å². The predicted molar refractivity (Wildman–Crippen MR) is 108 cm³/mol. The van der Waals surface area contributed by atoms with Crippen LogP contribution in [0.25, 0.3) is 0 Å². The van der Waals surface area contributed by atoms with Gasteiger partial charge in [-0.1, -0.05) is 30.3 Å². The monoisotopic (exact) mass is 396 g/mol. The maximum atomic E-state index is 12.4. The Morgan fingerprint density at radius 1 is 1.07 bits per heavy atom. The number of carbonyl (C=O) groups is 2. The Bertz CT molecular complexity index is 874. The van der Waals surface area contributed by atoms with E-state index in [1.54, 1.807) is 0 Å². The first-order valence-electron chi connectivity index (χ1n) is 9.84. The molecule has 2 amide bonds. The molecule has 154 valence electrons. The minimum absolute atomic E-state index is 0.414. The normalized spacial score (nSPS) is 24.2. The molecule has 1 aliphatic rings. The fourth-order valence-corrected chi connectivity index (χ4v) is 4.68. The Kier molecular flexibility index (Phi) is 5.66. The highest BCUT2D eigenvalue weighted by atomic mass is 16.5. The number of carboxylic acid groups (broad SMARTS) is 1. The van der Waals surface area contributed by atoms with E-state index in [0.29, 0.717) is 25.2 Å². The number of likely N-dealkylation sites (tertiary alicyclic amines) is 1. The van der Waals surface area contributed by atoms with Crippen LogP contribution in [0.5, 0.6) is 5.75 Å². The summed E-state index contributed by atoms with van der Waals surface area (Å²) in [7, 11) is 0. The molecular weight excluding hydrogens is 368 g/mol. The third-order valence-electron chi connectivity index (χ3n) is 5.95. The molecule has 3 rings (SSSR count). The Labute approximate surface area is 171 Å². The van der Waals surface area contributed by atoms with Crippen molar-refractivity contribution in [2.45, 2.75) is 57.8 Å². The summed E-state index contributed by atoms with van der Waals surface area (Å²) in [5.41, 5.74) is 6.74. The summed E-state index contributed by atoms with van der Waals surface area (Å²) in [6.45, 7) is 5.89. The van der Waals surface area contributed by atoms with Crippen LogP contribution in [0.2, 0.25) is 0 Å². The van der Waals surface area contributed by atoms with Gasteiger partial charge in [-0.25, -0.2) is 0 Å². The first-order chi connectivity index (χ1) is 13.7. The molecule has 0 radical (unpaired) electrons. The molecule has 0 bridgehead atoms. The number of rotatable bonds is 5. The molecule has 1 aliphatic heterocycles. The average Bonchev–Trinajstić information content (AvgIpc) is 3.10. The first kappa shape index (κ1) is 20.9. The van der Waals surface area contributed by atoms with Gasteiger partial charge in [-0.15, -0.1) is 0 Å². The van der Waals surface area contributed by atoms with E-state index in [0.717, 1.165) is 11.1 Å². The maximum Gasteiger partial charge on any atom is 0.276 e. The topological polar surface area (TPSA) is 92.5 Å². The van der Waals surface area contributed by atoms with Crippen molar-refractivity contribution in [2.75, 3.05) is 0 Å². The van der Waals surface area contributed by atoms with Crippen molar-refractivity contribution < 1.29 is 23.9 Å². The number of nitrogens with two attached hydrogens (primary N) is 1. The van der Waals surface area contributed by atoms with Gasteiger partial charge in [0.15, 0.2) is 6.04 Å². The number of hydrogen-bond acceptors (Lipinski definition) is 4. The van der Waals surface area contributed by atoms with Gasteiger partial charge in [0, 0.05) is 18.4 Å². The van der Waals surface area contributed by atoms with Crippen molar-refractivity contribution in [3.05, 3.63) is 65.7 Å². The smallest absolute Gasteiger partial charge is 0.276 e. The van der Waals surface area contributed by atoms with E-state index in [9.17, 15) is 14.7 Å². The lowest BCUT2D eigenvalue weighted by atomic mass is 9.94. The Morgan fingerprint density at radius 2 is 1.69 bits per heavy atom. The molecule has 2 aromatic carbocycles. The van der Waals surface area contributed by atoms with Gasteiger partial charge in [0.05, 0.1) is 5.54 Å². The van der Waals surface area contributed by atoms with Gasteiger partial charge in [-0.3, -0.25) is 9.28 Å². The number of ether oxygens (including phenoxy) is 1. The van der Waals surface area contributed by atoms with Crippen molar-refractivity contribution in [2.24, 2.45) is 5.73 Å². The molecule has 6 heteroatoms. The zero-order valence-corrected chi connectivity index (χ0v) is 17.1. The van der Waals surface area contributed by atoms with Crippen LogP contribution >= 0.6 is 0 Å². The van der Waals surface area contributed by atoms with Crippen LogP contribution in [-0.4, -0.2) is 28.1 Å². The van der Waals surface area contributed by atoms with Crippen LogP contribution in [-0.2, 0) is 11.4 Å². The summed E-state index contributed by atoms with van der Waals surface area (Å²) in [6.07, 6.45) is -0.311. The molecule has 6 nitrogen and oxygen atoms in total. The van der Waals surface area contributed by atoms with E-state index in [1.807, 2.05) is 75.4 Å². The second-order valence-corrected chi connectivity index (χ2v) is 8.57.